The first-order valence-corrected chi connectivity index (χ1v) is 7.00. The molecule has 2 amide bonds. The molecule has 2 saturated carbocycles. The van der Waals surface area contributed by atoms with E-state index in [2.05, 4.69) is 24.2 Å². The van der Waals surface area contributed by atoms with Crippen LogP contribution in [0.25, 0.3) is 0 Å². The van der Waals surface area contributed by atoms with Crippen molar-refractivity contribution in [3.8, 4) is 0 Å². The lowest BCUT2D eigenvalue weighted by atomic mass is 10.3. The van der Waals surface area contributed by atoms with Crippen LogP contribution in [0.15, 0.2) is 0 Å². The monoisotopic (exact) mass is 255 g/mol. The van der Waals surface area contributed by atoms with Crippen molar-refractivity contribution in [3.05, 3.63) is 0 Å². The second kappa shape index (κ2) is 5.89. The van der Waals surface area contributed by atoms with Crippen LogP contribution in [0.1, 0.15) is 32.6 Å². The van der Waals surface area contributed by atoms with Crippen molar-refractivity contribution in [1.82, 2.24) is 15.1 Å². The smallest absolute Gasteiger partial charge is 0.317 e. The van der Waals surface area contributed by atoms with Crippen LogP contribution in [-0.2, 0) is 0 Å². The van der Waals surface area contributed by atoms with Gasteiger partial charge < -0.3 is 15.3 Å². The maximum Gasteiger partial charge on any atom is 0.317 e. The Morgan fingerprint density at radius 2 is 1.94 bits per heavy atom. The number of likely N-dealkylation sites (N-methyl/N-ethyl adjacent to an activating group) is 1. The first-order valence-electron chi connectivity index (χ1n) is 7.00. The minimum atomic E-state index is -0.0254. The molecule has 0 saturated heterocycles. The van der Waals surface area contributed by atoms with Crippen molar-refractivity contribution in [1.29, 1.82) is 0 Å². The van der Waals surface area contributed by atoms with Gasteiger partial charge >= 0.3 is 6.03 Å². The van der Waals surface area contributed by atoms with Crippen LogP contribution >= 0.6 is 0 Å². The maximum absolute atomic E-state index is 12.0. The Morgan fingerprint density at radius 3 is 2.44 bits per heavy atom. The summed E-state index contributed by atoms with van der Waals surface area (Å²) in [5.74, 6) is 0. The van der Waals surface area contributed by atoms with E-state index in [1.807, 2.05) is 0 Å². The standard InChI is InChI=1S/C13H25N3O2/c1-10(15(2)11-3-4-11)9-14-13(18)16(7-8-17)12-5-6-12/h10-12,17H,3-9H2,1-2H3,(H,14,18). The summed E-state index contributed by atoms with van der Waals surface area (Å²) in [5.41, 5.74) is 0. The highest BCUT2D eigenvalue weighted by atomic mass is 16.3. The van der Waals surface area contributed by atoms with E-state index in [-0.39, 0.29) is 12.6 Å². The normalized spacial score (nSPS) is 20.9. The molecule has 18 heavy (non-hydrogen) atoms. The molecule has 0 heterocycles. The topological polar surface area (TPSA) is 55.8 Å². The van der Waals surface area contributed by atoms with Gasteiger partial charge in [-0.2, -0.15) is 0 Å². The molecule has 5 nitrogen and oxygen atoms in total. The summed E-state index contributed by atoms with van der Waals surface area (Å²) in [4.78, 5) is 16.1. The van der Waals surface area contributed by atoms with E-state index >= 15 is 0 Å². The number of carbonyl (C=O) groups is 1. The summed E-state index contributed by atoms with van der Waals surface area (Å²) in [6, 6.07) is 1.42. The Balaban J connectivity index is 1.72. The molecule has 2 aliphatic carbocycles. The van der Waals surface area contributed by atoms with Gasteiger partial charge in [0.1, 0.15) is 0 Å². The Kier molecular flexibility index (Phi) is 4.45. The van der Waals surface area contributed by atoms with E-state index in [0.29, 0.717) is 31.2 Å². The molecule has 5 heteroatoms. The largest absolute Gasteiger partial charge is 0.395 e. The van der Waals surface area contributed by atoms with E-state index in [9.17, 15) is 4.79 Å². The molecule has 2 aliphatic rings. The highest BCUT2D eigenvalue weighted by molar-refractivity contribution is 5.74. The van der Waals surface area contributed by atoms with Gasteiger partial charge in [-0.1, -0.05) is 0 Å². The van der Waals surface area contributed by atoms with Gasteiger partial charge in [0.15, 0.2) is 0 Å². The van der Waals surface area contributed by atoms with Gasteiger partial charge in [-0.3, -0.25) is 4.90 Å². The molecule has 0 aromatic heterocycles. The molecule has 1 atom stereocenters. The molecular formula is C13H25N3O2. The minimum absolute atomic E-state index is 0.0254. The number of aliphatic hydroxyl groups excluding tert-OH is 1. The summed E-state index contributed by atoms with van der Waals surface area (Å²) in [6.07, 6.45) is 4.72. The maximum atomic E-state index is 12.0. The molecule has 0 spiro atoms. The van der Waals surface area contributed by atoms with Gasteiger partial charge in [-0.15, -0.1) is 0 Å². The van der Waals surface area contributed by atoms with Crippen molar-refractivity contribution in [2.24, 2.45) is 0 Å². The van der Waals surface area contributed by atoms with Crippen LogP contribution in [0, 0.1) is 0 Å². The quantitative estimate of drug-likeness (QED) is 0.702. The van der Waals surface area contributed by atoms with Crippen LogP contribution in [0.5, 0.6) is 0 Å². The molecule has 0 bridgehead atoms. The fraction of sp³-hybridized carbons (Fsp3) is 0.923. The number of urea groups is 1. The number of nitrogens with one attached hydrogen (secondary N) is 1. The number of rotatable bonds is 7. The van der Waals surface area contributed by atoms with Gasteiger partial charge in [0.05, 0.1) is 6.61 Å². The van der Waals surface area contributed by atoms with Crippen LogP contribution in [0.3, 0.4) is 0 Å². The predicted octanol–water partition coefficient (Wildman–Crippen LogP) is 0.635. The fourth-order valence-corrected chi connectivity index (χ4v) is 2.27. The van der Waals surface area contributed by atoms with E-state index in [4.69, 9.17) is 5.11 Å². The van der Waals surface area contributed by atoms with E-state index in [1.54, 1.807) is 4.90 Å². The summed E-state index contributed by atoms with van der Waals surface area (Å²) < 4.78 is 0. The van der Waals surface area contributed by atoms with Crippen molar-refractivity contribution in [2.45, 2.75) is 50.7 Å². The van der Waals surface area contributed by atoms with Gasteiger partial charge in [-0.25, -0.2) is 4.79 Å². The molecule has 0 aromatic carbocycles. The molecule has 2 fully saturated rings. The highest BCUT2D eigenvalue weighted by Gasteiger charge is 2.33. The second-order valence-electron chi connectivity index (χ2n) is 5.58. The second-order valence-corrected chi connectivity index (χ2v) is 5.58. The zero-order valence-electron chi connectivity index (χ0n) is 11.4. The van der Waals surface area contributed by atoms with Crippen LogP contribution in [-0.4, -0.2) is 65.8 Å². The summed E-state index contributed by atoms with van der Waals surface area (Å²) in [6.45, 7) is 3.32. The number of carbonyl (C=O) groups excluding carboxylic acids is 1. The molecule has 0 radical (unpaired) electrons. The zero-order chi connectivity index (χ0) is 13.1. The molecule has 2 rings (SSSR count). The molecule has 0 aliphatic heterocycles. The molecule has 104 valence electrons. The van der Waals surface area contributed by atoms with Crippen LogP contribution in [0.4, 0.5) is 4.79 Å². The van der Waals surface area contributed by atoms with Gasteiger partial charge in [0.2, 0.25) is 0 Å². The third-order valence-electron chi connectivity index (χ3n) is 3.96. The van der Waals surface area contributed by atoms with Crippen LogP contribution < -0.4 is 5.32 Å². The number of hydrogen-bond acceptors (Lipinski definition) is 3. The molecule has 0 aromatic rings. The summed E-state index contributed by atoms with van der Waals surface area (Å²) in [5, 5.41) is 12.0. The lowest BCUT2D eigenvalue weighted by Crippen LogP contribution is -2.47. The molecular weight excluding hydrogens is 230 g/mol. The SMILES string of the molecule is CC(CNC(=O)N(CCO)C1CC1)N(C)C1CC1. The summed E-state index contributed by atoms with van der Waals surface area (Å²) >= 11 is 0. The Bertz CT molecular complexity index is 290. The molecule has 1 unspecified atom stereocenters. The van der Waals surface area contributed by atoms with Crippen molar-refractivity contribution < 1.29 is 9.90 Å². The third kappa shape index (κ3) is 3.59. The van der Waals surface area contributed by atoms with E-state index in [0.717, 1.165) is 12.8 Å². The Morgan fingerprint density at radius 1 is 1.33 bits per heavy atom. The predicted molar refractivity (Wildman–Crippen MR) is 70.5 cm³/mol. The number of hydrogen-bond donors (Lipinski definition) is 2. The Hall–Kier alpha value is -0.810. The van der Waals surface area contributed by atoms with Crippen molar-refractivity contribution >= 4 is 6.03 Å². The minimum Gasteiger partial charge on any atom is -0.395 e. The average Bonchev–Trinajstić information content (AvgIpc) is 3.22. The number of amides is 2. The van der Waals surface area contributed by atoms with Gasteiger partial charge in [0, 0.05) is 31.2 Å². The lowest BCUT2D eigenvalue weighted by Gasteiger charge is -2.27. The zero-order valence-corrected chi connectivity index (χ0v) is 11.4. The van der Waals surface area contributed by atoms with Gasteiger partial charge in [-0.05, 0) is 39.7 Å². The van der Waals surface area contributed by atoms with Crippen molar-refractivity contribution in [3.63, 3.8) is 0 Å². The lowest BCUT2D eigenvalue weighted by molar-refractivity contribution is 0.168. The Labute approximate surface area is 109 Å². The van der Waals surface area contributed by atoms with E-state index in [1.165, 1.54) is 12.8 Å². The van der Waals surface area contributed by atoms with E-state index < -0.39 is 0 Å². The van der Waals surface area contributed by atoms with Gasteiger partial charge in [0.25, 0.3) is 0 Å². The first-order chi connectivity index (χ1) is 8.63. The molecule has 2 N–H and O–H groups in total. The highest BCUT2D eigenvalue weighted by Crippen LogP contribution is 2.27. The van der Waals surface area contributed by atoms with Crippen LogP contribution in [0.2, 0.25) is 0 Å². The average molecular weight is 255 g/mol. The number of aliphatic hydroxyl groups is 1. The first kappa shape index (κ1) is 13.6. The van der Waals surface area contributed by atoms with Crippen molar-refractivity contribution in [2.75, 3.05) is 26.7 Å². The number of nitrogens with zero attached hydrogens (tertiary/aromatic N) is 2. The third-order valence-corrected chi connectivity index (χ3v) is 3.96. The summed E-state index contributed by atoms with van der Waals surface area (Å²) in [7, 11) is 2.13. The fourth-order valence-electron chi connectivity index (χ4n) is 2.27.